The monoisotopic (exact) mass is 634 g/mol. The Kier molecular flexibility index (Phi) is 13.0. The summed E-state index contributed by atoms with van der Waals surface area (Å²) in [6, 6.07) is 11.0. The number of hydrogen-bond donors (Lipinski definition) is 7. The Labute approximate surface area is 255 Å². The number of halogens is 3. The highest BCUT2D eigenvalue weighted by molar-refractivity contribution is 5.99. The summed E-state index contributed by atoms with van der Waals surface area (Å²) in [6.07, 6.45) is -6.76. The van der Waals surface area contributed by atoms with Gasteiger partial charge in [-0.3, -0.25) is 24.8 Å². The fraction of sp³-hybridized carbons (Fsp3) is 0.321. The van der Waals surface area contributed by atoms with Crippen molar-refractivity contribution in [3.05, 3.63) is 71.3 Å². The van der Waals surface area contributed by atoms with Gasteiger partial charge >= 0.3 is 18.1 Å². The number of carboxylic acids is 1. The van der Waals surface area contributed by atoms with Crippen LogP contribution < -0.4 is 28.3 Å². The number of carboxylic acid groups (broad SMARTS) is 1. The number of esters is 1. The summed E-state index contributed by atoms with van der Waals surface area (Å²) < 4.78 is 44.1. The summed E-state index contributed by atoms with van der Waals surface area (Å²) in [4.78, 5) is 56.9. The minimum absolute atomic E-state index is 0.0131. The Morgan fingerprint density at radius 3 is 2.11 bits per heavy atom. The molecule has 2 rings (SSSR count). The van der Waals surface area contributed by atoms with Gasteiger partial charge in [0.2, 0.25) is 17.7 Å². The Morgan fingerprint density at radius 1 is 0.978 bits per heavy atom. The lowest BCUT2D eigenvalue weighted by molar-refractivity contribution is -0.191. The van der Waals surface area contributed by atoms with E-state index < -0.39 is 60.2 Å². The van der Waals surface area contributed by atoms with Gasteiger partial charge in [0.25, 0.3) is 0 Å². The number of nitrogen functional groups attached to an aromatic ring is 1. The number of amides is 2. The van der Waals surface area contributed by atoms with Crippen LogP contribution in [-0.2, 0) is 30.3 Å². The van der Waals surface area contributed by atoms with Crippen molar-refractivity contribution < 1.29 is 42.2 Å². The predicted molar refractivity (Wildman–Crippen MR) is 157 cm³/mol. The molecule has 0 aliphatic carbocycles. The number of aliphatic carboxylic acids is 1. The van der Waals surface area contributed by atoms with Crippen molar-refractivity contribution in [2.24, 2.45) is 32.9 Å². The fourth-order valence-corrected chi connectivity index (χ4v) is 4.01. The van der Waals surface area contributed by atoms with Crippen molar-refractivity contribution in [3.63, 3.8) is 0 Å². The first-order valence-corrected chi connectivity index (χ1v) is 13.3. The van der Waals surface area contributed by atoms with Crippen LogP contribution in [0.4, 0.5) is 13.2 Å². The van der Waals surface area contributed by atoms with Gasteiger partial charge in [-0.25, -0.2) is 9.79 Å². The number of primary amides is 1. The molecule has 0 bridgehead atoms. The number of amidine groups is 1. The fourth-order valence-electron chi connectivity index (χ4n) is 4.01. The molecule has 0 fully saturated rings. The maximum atomic E-state index is 13.7. The third-order valence-corrected chi connectivity index (χ3v) is 6.19. The minimum Gasteiger partial charge on any atom is -0.481 e. The average molecular weight is 635 g/mol. The van der Waals surface area contributed by atoms with E-state index in [0.29, 0.717) is 16.7 Å². The molecule has 3 atom stereocenters. The quantitative estimate of drug-likeness (QED) is 0.0627. The van der Waals surface area contributed by atoms with Gasteiger partial charge in [0.15, 0.2) is 5.96 Å². The van der Waals surface area contributed by atoms with Crippen LogP contribution in [0.3, 0.4) is 0 Å². The number of alkyl halides is 3. The van der Waals surface area contributed by atoms with Gasteiger partial charge in [0.05, 0.1) is 12.3 Å². The van der Waals surface area contributed by atoms with Crippen molar-refractivity contribution in [2.45, 2.75) is 49.9 Å². The van der Waals surface area contributed by atoms with Gasteiger partial charge in [-0.15, -0.1) is 0 Å². The van der Waals surface area contributed by atoms with E-state index in [1.165, 1.54) is 0 Å². The molecule has 0 spiro atoms. The first-order valence-electron chi connectivity index (χ1n) is 13.3. The third-order valence-electron chi connectivity index (χ3n) is 6.19. The summed E-state index contributed by atoms with van der Waals surface area (Å²) >= 11 is 0. The van der Waals surface area contributed by atoms with E-state index in [2.05, 4.69) is 20.0 Å². The van der Waals surface area contributed by atoms with Crippen LogP contribution in [-0.4, -0.2) is 71.4 Å². The highest BCUT2D eigenvalue weighted by Crippen LogP contribution is 2.23. The second kappa shape index (κ2) is 16.4. The van der Waals surface area contributed by atoms with Crippen molar-refractivity contribution in [3.8, 4) is 0 Å². The molecule has 0 aliphatic rings. The van der Waals surface area contributed by atoms with E-state index in [4.69, 9.17) is 28.3 Å². The molecule has 0 saturated carbocycles. The van der Waals surface area contributed by atoms with Crippen molar-refractivity contribution in [1.29, 1.82) is 5.41 Å². The largest absolute Gasteiger partial charge is 0.491 e. The van der Waals surface area contributed by atoms with Crippen LogP contribution in [0.1, 0.15) is 41.9 Å². The molecule has 0 radical (unpaired) electrons. The second-order valence-electron chi connectivity index (χ2n) is 9.66. The molecule has 2 amide bonds. The second-order valence-corrected chi connectivity index (χ2v) is 9.66. The van der Waals surface area contributed by atoms with Gasteiger partial charge < -0.3 is 38.1 Å². The maximum absolute atomic E-state index is 13.7. The number of carbonyl (C=O) groups is 4. The van der Waals surface area contributed by atoms with E-state index in [1.807, 2.05) is 0 Å². The van der Waals surface area contributed by atoms with Gasteiger partial charge in [0, 0.05) is 12.1 Å². The smallest absolute Gasteiger partial charge is 0.481 e. The summed E-state index contributed by atoms with van der Waals surface area (Å²) in [5, 5.41) is 19.4. The molecular weight excluding hydrogens is 601 g/mol. The van der Waals surface area contributed by atoms with Crippen LogP contribution in [0.2, 0.25) is 0 Å². The first-order chi connectivity index (χ1) is 21.1. The Balaban J connectivity index is 2.53. The average Bonchev–Trinajstić information content (AvgIpc) is 2.96. The van der Waals surface area contributed by atoms with E-state index in [9.17, 15) is 37.5 Å². The number of hydrogen-bond acceptors (Lipinski definition) is 8. The van der Waals surface area contributed by atoms with Gasteiger partial charge in [-0.1, -0.05) is 54.6 Å². The molecule has 2 aromatic rings. The molecule has 17 heteroatoms. The molecule has 0 heterocycles. The first kappa shape index (κ1) is 35.7. The zero-order chi connectivity index (χ0) is 33.7. The SMILES string of the molecule is N=C(N)c1ccc(C[C@H](C(=O)N[C@@H](CC(=O)O)C(=N[C@@H](CCCN=C(N)N)C(N)=O)OC(=O)C(F)(F)F)c2ccccc2)cc1. The number of guanidine groups is 1. The molecule has 45 heavy (non-hydrogen) atoms. The molecule has 0 saturated heterocycles. The molecule has 242 valence electrons. The molecule has 0 unspecified atom stereocenters. The Morgan fingerprint density at radius 2 is 1.60 bits per heavy atom. The normalized spacial score (nSPS) is 13.5. The molecular formula is C28H33F3N8O6. The van der Waals surface area contributed by atoms with Crippen LogP contribution >= 0.6 is 0 Å². The number of nitrogens with zero attached hydrogens (tertiary/aromatic N) is 2. The van der Waals surface area contributed by atoms with Gasteiger partial charge in [0.1, 0.15) is 17.9 Å². The standard InChI is InChI=1S/C28H33F3N8O6/c29-28(30,31)26(44)45-25(39-19(23(34)42)7-4-12-37-27(35)36)20(14-21(40)41)38-24(43)18(16-5-2-1-3-6-16)13-15-8-10-17(11-9-15)22(32)33/h1-3,5-6,8-11,18-20H,4,7,12-14H2,(H3,32,33)(H2,34,42)(H,38,43)(H,40,41)(H4,35,36,37)/t18-,19-,20-/m0/s1. The van der Waals surface area contributed by atoms with Crippen molar-refractivity contribution in [1.82, 2.24) is 5.32 Å². The number of ether oxygens (including phenoxy) is 1. The van der Waals surface area contributed by atoms with E-state index in [0.717, 1.165) is 0 Å². The summed E-state index contributed by atoms with van der Waals surface area (Å²) in [5.74, 6) is -9.02. The van der Waals surface area contributed by atoms with E-state index in [1.54, 1.807) is 54.6 Å². The molecule has 11 N–H and O–H groups in total. The third kappa shape index (κ3) is 12.0. The van der Waals surface area contributed by atoms with Gasteiger partial charge in [-0.2, -0.15) is 13.2 Å². The number of rotatable bonds is 15. The molecule has 0 aliphatic heterocycles. The predicted octanol–water partition coefficient (Wildman–Crippen LogP) is 0.668. The summed E-state index contributed by atoms with van der Waals surface area (Å²) in [5.41, 5.74) is 22.8. The highest BCUT2D eigenvalue weighted by atomic mass is 19.4. The zero-order valence-corrected chi connectivity index (χ0v) is 23.8. The van der Waals surface area contributed by atoms with Crippen LogP contribution in [0, 0.1) is 5.41 Å². The van der Waals surface area contributed by atoms with Crippen LogP contribution in [0.25, 0.3) is 0 Å². The summed E-state index contributed by atoms with van der Waals surface area (Å²) in [6.45, 7) is -0.0131. The number of carbonyl (C=O) groups excluding carboxylic acids is 3. The summed E-state index contributed by atoms with van der Waals surface area (Å²) in [7, 11) is 0. The number of benzene rings is 2. The number of nitrogens with one attached hydrogen (secondary N) is 2. The molecule has 0 aromatic heterocycles. The van der Waals surface area contributed by atoms with Crippen molar-refractivity contribution >= 4 is 41.4 Å². The zero-order valence-electron chi connectivity index (χ0n) is 23.8. The lowest BCUT2D eigenvalue weighted by Gasteiger charge is -2.24. The Bertz CT molecular complexity index is 1430. The minimum atomic E-state index is -5.53. The maximum Gasteiger partial charge on any atom is 0.491 e. The topological polar surface area (TPSA) is 262 Å². The lowest BCUT2D eigenvalue weighted by Crippen LogP contribution is -2.48. The van der Waals surface area contributed by atoms with Crippen LogP contribution in [0.5, 0.6) is 0 Å². The molecule has 14 nitrogen and oxygen atoms in total. The van der Waals surface area contributed by atoms with E-state index >= 15 is 0 Å². The lowest BCUT2D eigenvalue weighted by atomic mass is 9.90. The molecule has 2 aromatic carbocycles. The van der Waals surface area contributed by atoms with Crippen LogP contribution in [0.15, 0.2) is 64.6 Å². The number of nitrogens with two attached hydrogens (primary N) is 4. The Hall–Kier alpha value is -5.48. The van der Waals surface area contributed by atoms with E-state index in [-0.39, 0.29) is 37.6 Å². The van der Waals surface area contributed by atoms with Gasteiger partial charge in [-0.05, 0) is 30.4 Å². The van der Waals surface area contributed by atoms with Crippen molar-refractivity contribution in [2.75, 3.05) is 6.54 Å². The number of aliphatic imine (C=N–C) groups is 2. The highest BCUT2D eigenvalue weighted by Gasteiger charge is 2.43.